The number of carboxylic acid groups (broad SMARTS) is 3. The Labute approximate surface area is 182 Å². The van der Waals surface area contributed by atoms with Crippen LogP contribution in [0.4, 0.5) is 0 Å². The number of carbonyl (C=O) groups is 4. The first-order valence-electron chi connectivity index (χ1n) is 8.97. The molecular formula is C16H26GaN5O7. The van der Waals surface area contributed by atoms with Gasteiger partial charge >= 0.3 is 19.8 Å². The molecule has 1 fully saturated rings. The van der Waals surface area contributed by atoms with Crippen LogP contribution in [-0.4, -0.2) is 130 Å². The molecule has 0 saturated carbocycles. The van der Waals surface area contributed by atoms with E-state index in [1.54, 1.807) is 14.7 Å². The topological polar surface area (TPSA) is 185 Å². The molecule has 0 aromatic rings. The molecule has 0 aromatic heterocycles. The summed E-state index contributed by atoms with van der Waals surface area (Å²) >= 11 is 0. The predicted molar refractivity (Wildman–Crippen MR) is 95.7 cm³/mol. The zero-order valence-corrected chi connectivity index (χ0v) is 18.6. The third-order valence-corrected chi connectivity index (χ3v) is 4.35. The minimum Gasteiger partial charge on any atom is -0.549 e. The Hall–Kier alpha value is -1.64. The molecule has 1 atom stereocenters. The quantitative estimate of drug-likeness (QED) is 0.290. The molecule has 1 amide bonds. The maximum Gasteiger partial charge on any atom is 3.00 e. The molecule has 0 unspecified atom stereocenters. The zero-order chi connectivity index (χ0) is 21.1. The van der Waals surface area contributed by atoms with Crippen LogP contribution in [0.1, 0.15) is 6.42 Å². The van der Waals surface area contributed by atoms with E-state index in [2.05, 4.69) is 5.32 Å². The number of nitrogens with two attached hydrogens (primary N) is 1. The fourth-order valence-corrected chi connectivity index (χ4v) is 2.77. The second-order valence-electron chi connectivity index (χ2n) is 6.64. The molecule has 0 aromatic carbocycles. The number of aliphatic carboxylic acids is 3. The van der Waals surface area contributed by atoms with E-state index < -0.39 is 23.9 Å². The maximum atomic E-state index is 12.1. The van der Waals surface area contributed by atoms with Crippen molar-refractivity contribution in [3.8, 4) is 0 Å². The molecule has 1 aliphatic rings. The smallest absolute Gasteiger partial charge is 0.549 e. The first kappa shape index (κ1) is 27.4. The molecule has 3 N–H and O–H groups in total. The van der Waals surface area contributed by atoms with Gasteiger partial charge in [-0.3, -0.25) is 19.5 Å². The van der Waals surface area contributed by atoms with E-state index in [1.807, 2.05) is 0 Å². The summed E-state index contributed by atoms with van der Waals surface area (Å²) < 4.78 is 0. The number of hydrogen-bond donors (Lipinski definition) is 2. The first-order chi connectivity index (χ1) is 13.2. The van der Waals surface area contributed by atoms with E-state index >= 15 is 0 Å². The van der Waals surface area contributed by atoms with Gasteiger partial charge in [-0.25, -0.2) is 0 Å². The molecule has 13 heteroatoms. The normalized spacial score (nSPS) is 17.8. The van der Waals surface area contributed by atoms with Crippen molar-refractivity contribution in [2.24, 2.45) is 5.73 Å². The van der Waals surface area contributed by atoms with Crippen LogP contribution in [0.2, 0.25) is 0 Å². The Morgan fingerprint density at radius 3 is 1.52 bits per heavy atom. The van der Waals surface area contributed by atoms with E-state index in [1.165, 1.54) is 0 Å². The predicted octanol–water partition coefficient (Wildman–Crippen LogP) is -7.39. The average molecular weight is 468 g/mol. The molecule has 1 saturated heterocycles. The van der Waals surface area contributed by atoms with Gasteiger partial charge in [0.1, 0.15) is 0 Å². The van der Waals surface area contributed by atoms with Crippen LogP contribution in [0, 0.1) is 0 Å². The number of carbonyl (C=O) groups excluding carboxylic acids is 4. The second kappa shape index (κ2) is 14.4. The van der Waals surface area contributed by atoms with Crippen LogP contribution in [0.3, 0.4) is 0 Å². The van der Waals surface area contributed by atoms with E-state index in [0.29, 0.717) is 39.3 Å². The number of carboxylic acids is 3. The van der Waals surface area contributed by atoms with Crippen molar-refractivity contribution < 1.29 is 34.5 Å². The van der Waals surface area contributed by atoms with Gasteiger partial charge in [-0.05, 0) is 6.42 Å². The minimum atomic E-state index is -1.39. The fourth-order valence-electron chi connectivity index (χ4n) is 2.77. The molecular weight excluding hydrogens is 442 g/mol. The monoisotopic (exact) mass is 468 g/mol. The van der Waals surface area contributed by atoms with Gasteiger partial charge in [0.15, 0.2) is 0 Å². The third-order valence-electron chi connectivity index (χ3n) is 4.35. The molecule has 12 nitrogen and oxygen atoms in total. The van der Waals surface area contributed by atoms with Crippen LogP contribution in [0.5, 0.6) is 0 Å². The average Bonchev–Trinajstić information content (AvgIpc) is 2.67. The Bertz CT molecular complexity index is 538. The van der Waals surface area contributed by atoms with Gasteiger partial charge < -0.3 is 40.8 Å². The van der Waals surface area contributed by atoms with Gasteiger partial charge in [0.05, 0.1) is 24.5 Å². The summed E-state index contributed by atoms with van der Waals surface area (Å²) in [5.74, 6) is -4.21. The summed E-state index contributed by atoms with van der Waals surface area (Å²) in [5.41, 5.74) is 5.31. The second-order valence-corrected chi connectivity index (χ2v) is 6.64. The van der Waals surface area contributed by atoms with Crippen LogP contribution in [0.25, 0.3) is 0 Å². The largest absolute Gasteiger partial charge is 3.00 e. The van der Waals surface area contributed by atoms with Crippen molar-refractivity contribution in [3.05, 3.63) is 0 Å². The SMILES string of the molecule is N[C@@H](CCNC(=O)CN1CCN(CC(=O)[O-])CCN(CC(=O)[O-])CC1)C(=O)[O-].[68Ga+3]. The Balaban J connectivity index is 0.00000784. The van der Waals surface area contributed by atoms with Crippen LogP contribution in [-0.2, 0) is 19.2 Å². The van der Waals surface area contributed by atoms with Crippen molar-refractivity contribution in [2.45, 2.75) is 12.5 Å². The van der Waals surface area contributed by atoms with E-state index in [-0.39, 0.29) is 58.3 Å². The van der Waals surface area contributed by atoms with Crippen LogP contribution < -0.4 is 26.4 Å². The Morgan fingerprint density at radius 2 is 1.17 bits per heavy atom. The van der Waals surface area contributed by atoms with Gasteiger partial charge in [-0.2, -0.15) is 0 Å². The van der Waals surface area contributed by atoms with Gasteiger partial charge in [0, 0.05) is 64.9 Å². The molecule has 0 radical (unpaired) electrons. The van der Waals surface area contributed by atoms with E-state index in [0.717, 1.165) is 0 Å². The van der Waals surface area contributed by atoms with Crippen molar-refractivity contribution >= 4 is 43.6 Å². The maximum absolute atomic E-state index is 12.1. The van der Waals surface area contributed by atoms with Crippen molar-refractivity contribution in [2.75, 3.05) is 65.4 Å². The van der Waals surface area contributed by atoms with Gasteiger partial charge in [-0.15, -0.1) is 0 Å². The Kier molecular flexibility index (Phi) is 13.5. The summed E-state index contributed by atoms with van der Waals surface area (Å²) in [6.45, 7) is 1.74. The molecule has 1 aliphatic heterocycles. The van der Waals surface area contributed by atoms with Crippen molar-refractivity contribution in [3.63, 3.8) is 0 Å². The molecule has 29 heavy (non-hydrogen) atoms. The third kappa shape index (κ3) is 12.5. The van der Waals surface area contributed by atoms with Gasteiger partial charge in [-0.1, -0.05) is 0 Å². The number of nitrogens with one attached hydrogen (secondary N) is 1. The van der Waals surface area contributed by atoms with Crippen molar-refractivity contribution in [1.29, 1.82) is 0 Å². The summed E-state index contributed by atoms with van der Waals surface area (Å²) in [5, 5.41) is 34.9. The number of hydrogen-bond acceptors (Lipinski definition) is 11. The van der Waals surface area contributed by atoms with Gasteiger partial charge in [0.25, 0.3) is 0 Å². The van der Waals surface area contributed by atoms with Crippen LogP contribution >= 0.6 is 0 Å². The standard InChI is InChI=1S/C16H29N5O7.Ga/c17-12(16(27)28)1-2-18-13(22)9-19-3-5-20(10-14(23)24)7-8-21(6-4-19)11-15(25)26;/h12H,1-11,17H2,(H,18,22)(H,23,24)(H,25,26)(H,27,28);/q;+3/p-3/t12-;/m0./s1/i;1-2. The van der Waals surface area contributed by atoms with Gasteiger partial charge in [0.2, 0.25) is 5.91 Å². The summed E-state index contributed by atoms with van der Waals surface area (Å²) in [4.78, 5) is 49.4. The number of amides is 1. The minimum absolute atomic E-state index is 0. The summed E-state index contributed by atoms with van der Waals surface area (Å²) in [7, 11) is 0. The van der Waals surface area contributed by atoms with E-state index in [4.69, 9.17) is 5.73 Å². The molecule has 1 heterocycles. The molecule has 160 valence electrons. The summed E-state index contributed by atoms with van der Waals surface area (Å²) in [6, 6.07) is -1.16. The van der Waals surface area contributed by atoms with E-state index in [9.17, 15) is 34.5 Å². The number of nitrogens with zero attached hydrogens (tertiary/aromatic N) is 3. The number of rotatable bonds is 10. The van der Waals surface area contributed by atoms with Crippen molar-refractivity contribution in [1.82, 2.24) is 20.0 Å². The molecule has 0 spiro atoms. The summed E-state index contributed by atoms with van der Waals surface area (Å²) in [6.07, 6.45) is 0.0346. The molecule has 0 aliphatic carbocycles. The zero-order valence-electron chi connectivity index (χ0n) is 16.2. The Morgan fingerprint density at radius 1 is 0.793 bits per heavy atom. The fraction of sp³-hybridized carbons (Fsp3) is 0.750. The molecule has 0 bridgehead atoms. The molecule has 1 rings (SSSR count). The first-order valence-corrected chi connectivity index (χ1v) is 8.97. The van der Waals surface area contributed by atoms with Crippen LogP contribution in [0.15, 0.2) is 0 Å².